The van der Waals surface area contributed by atoms with Crippen LogP contribution in [0, 0.1) is 5.92 Å². The van der Waals surface area contributed by atoms with E-state index in [1.165, 1.54) is 24.8 Å². The standard InChI is InChI=1S/C15H17NO2/c17-15(18)9-12-4-5-14-13(8-12)6-7-16(14)10-11-2-1-3-11/h4-8,11H,1-3,9-10H2,(H,17,18). The van der Waals surface area contributed by atoms with Crippen molar-refractivity contribution in [2.24, 2.45) is 5.92 Å². The van der Waals surface area contributed by atoms with Crippen LogP contribution in [0.15, 0.2) is 30.5 Å². The molecule has 1 aliphatic rings. The van der Waals surface area contributed by atoms with Gasteiger partial charge in [-0.3, -0.25) is 4.79 Å². The smallest absolute Gasteiger partial charge is 0.307 e. The van der Waals surface area contributed by atoms with Crippen molar-refractivity contribution in [2.75, 3.05) is 0 Å². The molecule has 0 spiro atoms. The van der Waals surface area contributed by atoms with Crippen LogP contribution in [0.4, 0.5) is 0 Å². The van der Waals surface area contributed by atoms with E-state index in [9.17, 15) is 4.79 Å². The molecule has 0 atom stereocenters. The second-order valence-electron chi connectivity index (χ2n) is 5.23. The summed E-state index contributed by atoms with van der Waals surface area (Å²) in [6.07, 6.45) is 6.28. The van der Waals surface area contributed by atoms with E-state index in [0.29, 0.717) is 0 Å². The number of fused-ring (bicyclic) bond motifs is 1. The summed E-state index contributed by atoms with van der Waals surface area (Å²) in [5, 5.41) is 9.94. The lowest BCUT2D eigenvalue weighted by molar-refractivity contribution is -0.136. The van der Waals surface area contributed by atoms with Crippen molar-refractivity contribution in [1.29, 1.82) is 0 Å². The second-order valence-corrected chi connectivity index (χ2v) is 5.23. The Kier molecular flexibility index (Phi) is 2.82. The first-order valence-corrected chi connectivity index (χ1v) is 6.52. The number of hydrogen-bond donors (Lipinski definition) is 1. The van der Waals surface area contributed by atoms with Gasteiger partial charge in [-0.1, -0.05) is 12.5 Å². The van der Waals surface area contributed by atoms with E-state index < -0.39 is 5.97 Å². The van der Waals surface area contributed by atoms with Gasteiger partial charge in [0.25, 0.3) is 0 Å². The number of carboxylic acids is 1. The van der Waals surface area contributed by atoms with Crippen LogP contribution in [0.3, 0.4) is 0 Å². The number of carboxylic acid groups (broad SMARTS) is 1. The lowest BCUT2D eigenvalue weighted by Gasteiger charge is -2.26. The van der Waals surface area contributed by atoms with Crippen molar-refractivity contribution in [3.8, 4) is 0 Å². The molecular formula is C15H17NO2. The molecule has 1 aromatic carbocycles. The maximum Gasteiger partial charge on any atom is 0.307 e. The molecule has 3 heteroatoms. The van der Waals surface area contributed by atoms with E-state index in [0.717, 1.165) is 23.4 Å². The largest absolute Gasteiger partial charge is 0.481 e. The van der Waals surface area contributed by atoms with Gasteiger partial charge in [0.15, 0.2) is 0 Å². The minimum atomic E-state index is -0.775. The van der Waals surface area contributed by atoms with Crippen LogP contribution in [0.5, 0.6) is 0 Å². The maximum absolute atomic E-state index is 10.7. The Morgan fingerprint density at radius 3 is 2.83 bits per heavy atom. The molecule has 0 aliphatic heterocycles. The summed E-state index contributed by atoms with van der Waals surface area (Å²) in [7, 11) is 0. The quantitative estimate of drug-likeness (QED) is 0.896. The summed E-state index contributed by atoms with van der Waals surface area (Å²) in [5.41, 5.74) is 2.09. The van der Waals surface area contributed by atoms with Gasteiger partial charge in [-0.15, -0.1) is 0 Å². The molecule has 1 saturated carbocycles. The van der Waals surface area contributed by atoms with Gasteiger partial charge in [0.1, 0.15) is 0 Å². The first-order chi connectivity index (χ1) is 8.72. The topological polar surface area (TPSA) is 42.2 Å². The number of aliphatic carboxylic acids is 1. The molecule has 1 aliphatic carbocycles. The normalized spacial score (nSPS) is 15.8. The zero-order chi connectivity index (χ0) is 12.5. The molecule has 1 fully saturated rings. The van der Waals surface area contributed by atoms with Gasteiger partial charge in [0.05, 0.1) is 6.42 Å². The van der Waals surface area contributed by atoms with E-state index in [1.54, 1.807) is 0 Å². The molecule has 2 aromatic rings. The summed E-state index contributed by atoms with van der Waals surface area (Å²) in [5.74, 6) is 0.0579. The number of hydrogen-bond acceptors (Lipinski definition) is 1. The predicted octanol–water partition coefficient (Wildman–Crippen LogP) is 3.07. The minimum Gasteiger partial charge on any atom is -0.481 e. The van der Waals surface area contributed by atoms with E-state index >= 15 is 0 Å². The number of benzene rings is 1. The van der Waals surface area contributed by atoms with Crippen molar-refractivity contribution < 1.29 is 9.90 Å². The fourth-order valence-electron chi connectivity index (χ4n) is 2.65. The molecule has 0 bridgehead atoms. The Morgan fingerprint density at radius 1 is 1.33 bits per heavy atom. The maximum atomic E-state index is 10.7. The van der Waals surface area contributed by atoms with Crippen LogP contribution >= 0.6 is 0 Å². The van der Waals surface area contributed by atoms with Gasteiger partial charge in [0, 0.05) is 18.3 Å². The highest BCUT2D eigenvalue weighted by atomic mass is 16.4. The lowest BCUT2D eigenvalue weighted by atomic mass is 9.85. The molecule has 1 aromatic heterocycles. The number of nitrogens with zero attached hydrogens (tertiary/aromatic N) is 1. The SMILES string of the molecule is O=C(O)Cc1ccc2c(ccn2CC2CCC2)c1. The number of aromatic nitrogens is 1. The predicted molar refractivity (Wildman–Crippen MR) is 70.6 cm³/mol. The first kappa shape index (κ1) is 11.3. The fourth-order valence-corrected chi connectivity index (χ4v) is 2.65. The van der Waals surface area contributed by atoms with Crippen molar-refractivity contribution >= 4 is 16.9 Å². The fraction of sp³-hybridized carbons (Fsp3) is 0.400. The van der Waals surface area contributed by atoms with Crippen molar-refractivity contribution in [1.82, 2.24) is 4.57 Å². The van der Waals surface area contributed by atoms with Crippen LogP contribution in [-0.4, -0.2) is 15.6 Å². The van der Waals surface area contributed by atoms with Crippen LogP contribution in [0.2, 0.25) is 0 Å². The molecule has 3 rings (SSSR count). The average molecular weight is 243 g/mol. The van der Waals surface area contributed by atoms with Crippen molar-refractivity contribution in [3.63, 3.8) is 0 Å². The Balaban J connectivity index is 1.86. The number of carbonyl (C=O) groups is 1. The van der Waals surface area contributed by atoms with Crippen molar-refractivity contribution in [2.45, 2.75) is 32.2 Å². The molecular weight excluding hydrogens is 226 g/mol. The second kappa shape index (κ2) is 4.48. The zero-order valence-electron chi connectivity index (χ0n) is 10.3. The molecule has 0 radical (unpaired) electrons. The van der Waals surface area contributed by atoms with E-state index in [2.05, 4.69) is 16.8 Å². The summed E-state index contributed by atoms with van der Waals surface area (Å²) >= 11 is 0. The molecule has 0 unspecified atom stereocenters. The third-order valence-electron chi connectivity index (χ3n) is 3.87. The van der Waals surface area contributed by atoms with Gasteiger partial charge in [-0.25, -0.2) is 0 Å². The van der Waals surface area contributed by atoms with Gasteiger partial charge >= 0.3 is 5.97 Å². The average Bonchev–Trinajstić information content (AvgIpc) is 2.65. The third-order valence-corrected chi connectivity index (χ3v) is 3.87. The number of rotatable bonds is 4. The summed E-state index contributed by atoms with van der Waals surface area (Å²) in [6, 6.07) is 8.04. The monoisotopic (exact) mass is 243 g/mol. The van der Waals surface area contributed by atoms with Crippen LogP contribution in [-0.2, 0) is 17.8 Å². The molecule has 3 nitrogen and oxygen atoms in total. The summed E-state index contributed by atoms with van der Waals surface area (Å²) in [4.78, 5) is 10.7. The van der Waals surface area contributed by atoms with Crippen molar-refractivity contribution in [3.05, 3.63) is 36.0 Å². The third kappa shape index (κ3) is 2.13. The Labute approximate surface area is 106 Å². The van der Waals surface area contributed by atoms with Crippen LogP contribution < -0.4 is 0 Å². The van der Waals surface area contributed by atoms with Gasteiger partial charge < -0.3 is 9.67 Å². The first-order valence-electron chi connectivity index (χ1n) is 6.52. The molecule has 94 valence electrons. The van der Waals surface area contributed by atoms with Crippen LogP contribution in [0.1, 0.15) is 24.8 Å². The zero-order valence-corrected chi connectivity index (χ0v) is 10.3. The van der Waals surface area contributed by atoms with E-state index in [1.807, 2.05) is 18.2 Å². The summed E-state index contributed by atoms with van der Waals surface area (Å²) in [6.45, 7) is 1.10. The molecule has 0 saturated heterocycles. The molecule has 18 heavy (non-hydrogen) atoms. The summed E-state index contributed by atoms with van der Waals surface area (Å²) < 4.78 is 2.30. The lowest BCUT2D eigenvalue weighted by Crippen LogP contribution is -2.17. The van der Waals surface area contributed by atoms with Crippen LogP contribution in [0.25, 0.3) is 10.9 Å². The Hall–Kier alpha value is -1.77. The van der Waals surface area contributed by atoms with Gasteiger partial charge in [-0.2, -0.15) is 0 Å². The minimum absolute atomic E-state index is 0.101. The highest BCUT2D eigenvalue weighted by molar-refractivity contribution is 5.82. The Morgan fingerprint density at radius 2 is 2.17 bits per heavy atom. The molecule has 0 amide bonds. The Bertz CT molecular complexity index is 581. The highest BCUT2D eigenvalue weighted by Gasteiger charge is 2.18. The van der Waals surface area contributed by atoms with Gasteiger partial charge in [-0.05, 0) is 47.9 Å². The highest BCUT2D eigenvalue weighted by Crippen LogP contribution is 2.29. The molecule has 1 N–H and O–H groups in total. The molecule has 1 heterocycles. The van der Waals surface area contributed by atoms with Gasteiger partial charge in [0.2, 0.25) is 0 Å². The van der Waals surface area contributed by atoms with E-state index in [-0.39, 0.29) is 6.42 Å². The van der Waals surface area contributed by atoms with E-state index in [4.69, 9.17) is 5.11 Å².